The third kappa shape index (κ3) is 6.38. The number of rotatable bonds is 7. The molecule has 10 rings (SSSR count). The van der Waals surface area contributed by atoms with E-state index in [1.807, 2.05) is 0 Å². The van der Waals surface area contributed by atoms with Crippen molar-refractivity contribution in [2.75, 3.05) is 0 Å². The maximum absolute atomic E-state index is 5.23. The molecule has 1 aromatic heterocycles. The van der Waals surface area contributed by atoms with Crippen LogP contribution in [0, 0.1) is 0 Å². The summed E-state index contributed by atoms with van der Waals surface area (Å²) in [6, 6.07) is 76.9. The highest BCUT2D eigenvalue weighted by Gasteiger charge is 2.36. The number of aromatic nitrogens is 1. The maximum atomic E-state index is 5.23. The first kappa shape index (κ1) is 34.4. The van der Waals surface area contributed by atoms with Gasteiger partial charge in [0.1, 0.15) is 0 Å². The van der Waals surface area contributed by atoms with Crippen molar-refractivity contribution < 1.29 is 0 Å². The van der Waals surface area contributed by atoms with Gasteiger partial charge >= 0.3 is 0 Å². The van der Waals surface area contributed by atoms with Gasteiger partial charge < -0.3 is 0 Å². The van der Waals surface area contributed by atoms with Gasteiger partial charge in [0.15, 0.2) is 0 Å². The van der Waals surface area contributed by atoms with E-state index in [-0.39, 0.29) is 5.41 Å². The molecular formula is C56H41N. The van der Waals surface area contributed by atoms with Crippen molar-refractivity contribution in [3.05, 3.63) is 223 Å². The summed E-state index contributed by atoms with van der Waals surface area (Å²) < 4.78 is 0. The van der Waals surface area contributed by atoms with E-state index >= 15 is 0 Å². The van der Waals surface area contributed by atoms with Crippen molar-refractivity contribution in [3.63, 3.8) is 0 Å². The third-order valence-electron chi connectivity index (χ3n) is 11.7. The van der Waals surface area contributed by atoms with Crippen LogP contribution in [-0.4, -0.2) is 4.98 Å². The number of pyridine rings is 1. The summed E-state index contributed by atoms with van der Waals surface area (Å²) in [5.41, 5.74) is 21.4. The van der Waals surface area contributed by atoms with Gasteiger partial charge in [0.25, 0.3) is 0 Å². The van der Waals surface area contributed by atoms with E-state index in [2.05, 4.69) is 226 Å². The van der Waals surface area contributed by atoms with Crippen LogP contribution in [0.15, 0.2) is 212 Å². The molecule has 0 bridgehead atoms. The fraction of sp³-hybridized carbons (Fsp3) is 0.0536. The van der Waals surface area contributed by atoms with E-state index in [0.717, 1.165) is 33.6 Å². The molecular weight excluding hydrogens is 687 g/mol. The van der Waals surface area contributed by atoms with Crippen LogP contribution < -0.4 is 0 Å². The number of nitrogens with zero attached hydrogens (tertiary/aromatic N) is 1. The molecule has 0 unspecified atom stereocenters. The molecule has 0 saturated heterocycles. The summed E-state index contributed by atoms with van der Waals surface area (Å²) in [6.07, 6.45) is 0. The second kappa shape index (κ2) is 14.2. The normalized spacial score (nSPS) is 12.5. The number of hydrogen-bond acceptors (Lipinski definition) is 1. The molecule has 1 heterocycles. The predicted molar refractivity (Wildman–Crippen MR) is 240 cm³/mol. The van der Waals surface area contributed by atoms with Crippen LogP contribution in [0.2, 0.25) is 0 Å². The molecule has 0 saturated carbocycles. The molecule has 0 N–H and O–H groups in total. The number of fused-ring (bicyclic) bond motifs is 3. The smallest absolute Gasteiger partial charge is 0.0715 e. The average Bonchev–Trinajstić information content (AvgIpc) is 3.51. The molecule has 8 aromatic carbocycles. The predicted octanol–water partition coefficient (Wildman–Crippen LogP) is 15.1. The van der Waals surface area contributed by atoms with Gasteiger partial charge in [0, 0.05) is 16.5 Å². The van der Waals surface area contributed by atoms with Crippen molar-refractivity contribution >= 4 is 0 Å². The van der Waals surface area contributed by atoms with Crippen molar-refractivity contribution in [2.45, 2.75) is 19.3 Å². The number of benzene rings is 8. The molecule has 0 atom stereocenters. The Kier molecular flexibility index (Phi) is 8.57. The molecule has 0 aliphatic heterocycles. The largest absolute Gasteiger partial charge is 0.248 e. The van der Waals surface area contributed by atoms with Gasteiger partial charge in [-0.05, 0) is 114 Å². The lowest BCUT2D eigenvalue weighted by Gasteiger charge is -2.23. The van der Waals surface area contributed by atoms with Gasteiger partial charge in [-0.3, -0.25) is 0 Å². The van der Waals surface area contributed by atoms with E-state index < -0.39 is 0 Å². The summed E-state index contributed by atoms with van der Waals surface area (Å²) in [5, 5.41) is 0. The average molecular weight is 728 g/mol. The second-order valence-electron chi connectivity index (χ2n) is 15.6. The molecule has 1 heteroatoms. The van der Waals surface area contributed by atoms with Gasteiger partial charge in [0.05, 0.1) is 11.4 Å². The Bertz CT molecular complexity index is 2830. The second-order valence-corrected chi connectivity index (χ2v) is 15.6. The highest BCUT2D eigenvalue weighted by molar-refractivity contribution is 5.94. The van der Waals surface area contributed by atoms with Gasteiger partial charge in [-0.2, -0.15) is 0 Å². The van der Waals surface area contributed by atoms with E-state index in [9.17, 15) is 0 Å². The molecule has 9 aromatic rings. The van der Waals surface area contributed by atoms with Gasteiger partial charge in [-0.1, -0.05) is 190 Å². The quantitative estimate of drug-likeness (QED) is 0.159. The van der Waals surface area contributed by atoms with Crippen molar-refractivity contribution in [3.8, 4) is 89.3 Å². The zero-order valence-electron chi connectivity index (χ0n) is 32.2. The van der Waals surface area contributed by atoms with Crippen molar-refractivity contribution in [2.24, 2.45) is 0 Å². The fourth-order valence-electron chi connectivity index (χ4n) is 8.66. The summed E-state index contributed by atoms with van der Waals surface area (Å²) in [6.45, 7) is 4.73. The Balaban J connectivity index is 1.09. The lowest BCUT2D eigenvalue weighted by atomic mass is 9.80. The molecule has 0 amide bonds. The standard InChI is InChI=1S/C56H41N/c1-56(2)52-27-13-12-26-48(52)51-36-49(41-30-28-40(29-31-41)38-16-6-3-7-17-38)50(37-53(51)56)45-24-14-22-43(32-45)44-23-15-25-46(33-44)55-35-47(39-18-8-4-9-19-39)34-54(57-55)42-20-10-5-11-21-42/h3-37H,1-2H3. The molecule has 0 fully saturated rings. The molecule has 57 heavy (non-hydrogen) atoms. The van der Waals surface area contributed by atoms with Crippen LogP contribution in [0.4, 0.5) is 0 Å². The fourth-order valence-corrected chi connectivity index (χ4v) is 8.66. The van der Waals surface area contributed by atoms with Gasteiger partial charge in [-0.25, -0.2) is 4.98 Å². The van der Waals surface area contributed by atoms with Gasteiger partial charge in [-0.15, -0.1) is 0 Å². The van der Waals surface area contributed by atoms with Crippen LogP contribution in [0.1, 0.15) is 25.0 Å². The SMILES string of the molecule is CC1(C)c2ccccc2-c2cc(-c3ccc(-c4ccccc4)cc3)c(-c3cccc(-c4cccc(-c5cc(-c6ccccc6)cc(-c6ccccc6)n5)c4)c3)cc21. The topological polar surface area (TPSA) is 12.9 Å². The van der Waals surface area contributed by atoms with Crippen molar-refractivity contribution in [1.82, 2.24) is 4.98 Å². The van der Waals surface area contributed by atoms with Crippen molar-refractivity contribution in [1.29, 1.82) is 0 Å². The van der Waals surface area contributed by atoms with Crippen LogP contribution in [0.5, 0.6) is 0 Å². The third-order valence-corrected chi connectivity index (χ3v) is 11.7. The molecule has 270 valence electrons. The first-order chi connectivity index (χ1) is 28.0. The zero-order chi connectivity index (χ0) is 38.3. The van der Waals surface area contributed by atoms with Gasteiger partial charge in [0.2, 0.25) is 0 Å². The monoisotopic (exact) mass is 727 g/mol. The summed E-state index contributed by atoms with van der Waals surface area (Å²) in [7, 11) is 0. The lowest BCUT2D eigenvalue weighted by Crippen LogP contribution is -2.15. The van der Waals surface area contributed by atoms with Crippen LogP contribution in [-0.2, 0) is 5.41 Å². The first-order valence-corrected chi connectivity index (χ1v) is 19.8. The zero-order valence-corrected chi connectivity index (χ0v) is 32.2. The highest BCUT2D eigenvalue weighted by atomic mass is 14.7. The Labute approximate surface area is 335 Å². The Morgan fingerprint density at radius 1 is 0.263 bits per heavy atom. The Morgan fingerprint density at radius 2 is 0.719 bits per heavy atom. The molecule has 0 radical (unpaired) electrons. The molecule has 1 nitrogen and oxygen atoms in total. The van der Waals surface area contributed by atoms with E-state index in [1.165, 1.54) is 66.8 Å². The van der Waals surface area contributed by atoms with Crippen LogP contribution >= 0.6 is 0 Å². The minimum absolute atomic E-state index is 0.109. The van der Waals surface area contributed by atoms with Crippen LogP contribution in [0.3, 0.4) is 0 Å². The molecule has 1 aliphatic rings. The maximum Gasteiger partial charge on any atom is 0.0715 e. The van der Waals surface area contributed by atoms with E-state index in [4.69, 9.17) is 4.98 Å². The first-order valence-electron chi connectivity index (χ1n) is 19.8. The lowest BCUT2D eigenvalue weighted by molar-refractivity contribution is 0.660. The minimum atomic E-state index is -0.109. The van der Waals surface area contributed by atoms with Crippen LogP contribution in [0.25, 0.3) is 89.3 Å². The summed E-state index contributed by atoms with van der Waals surface area (Å²) in [5.74, 6) is 0. The van der Waals surface area contributed by atoms with E-state index in [0.29, 0.717) is 0 Å². The molecule has 0 spiro atoms. The van der Waals surface area contributed by atoms with E-state index in [1.54, 1.807) is 0 Å². The number of hydrogen-bond donors (Lipinski definition) is 0. The Morgan fingerprint density at radius 3 is 1.39 bits per heavy atom. The Hall–Kier alpha value is -7.09. The minimum Gasteiger partial charge on any atom is -0.248 e. The highest BCUT2D eigenvalue weighted by Crippen LogP contribution is 2.52. The molecule has 1 aliphatic carbocycles. The summed E-state index contributed by atoms with van der Waals surface area (Å²) >= 11 is 0. The summed E-state index contributed by atoms with van der Waals surface area (Å²) in [4.78, 5) is 5.23.